The number of aromatic amines is 2. The highest BCUT2D eigenvalue weighted by Crippen LogP contribution is 2.41. The summed E-state index contributed by atoms with van der Waals surface area (Å²) in [4.78, 5) is 31.5. The van der Waals surface area contributed by atoms with E-state index in [-0.39, 0.29) is 11.9 Å². The van der Waals surface area contributed by atoms with Crippen LogP contribution >= 0.6 is 0 Å². The molecule has 2 aromatic heterocycles. The van der Waals surface area contributed by atoms with Crippen molar-refractivity contribution in [2.45, 2.75) is 13.8 Å². The lowest BCUT2D eigenvalue weighted by molar-refractivity contribution is 0.0517. The zero-order chi connectivity index (χ0) is 23.8. The molecule has 0 unspecified atom stereocenters. The lowest BCUT2D eigenvalue weighted by atomic mass is 10.0. The number of benzene rings is 3. The molecule has 34 heavy (non-hydrogen) atoms. The third kappa shape index (κ3) is 3.52. The van der Waals surface area contributed by atoms with Gasteiger partial charge in [0.1, 0.15) is 6.61 Å². The van der Waals surface area contributed by atoms with Gasteiger partial charge in [-0.25, -0.2) is 9.59 Å². The number of H-pyrrole nitrogens is 2. The van der Waals surface area contributed by atoms with Crippen LogP contribution in [0.25, 0.3) is 43.6 Å². The summed E-state index contributed by atoms with van der Waals surface area (Å²) in [6, 6.07) is 12.9. The monoisotopic (exact) mass is 459 g/mol. The molecule has 0 saturated carbocycles. The lowest BCUT2D eigenvalue weighted by Crippen LogP contribution is -2.11. The van der Waals surface area contributed by atoms with Crippen LogP contribution in [0.1, 0.15) is 34.6 Å². The largest absolute Gasteiger partial charge is 0.488 e. The number of hydrogen-bond acceptors (Lipinski definition) is 6. The zero-order valence-electron chi connectivity index (χ0n) is 19.0. The summed E-state index contributed by atoms with van der Waals surface area (Å²) in [5.41, 5.74) is 10.0. The molecular weight excluding hydrogens is 434 g/mol. The fourth-order valence-electron chi connectivity index (χ4n) is 4.34. The molecule has 5 aromatic rings. The first kappa shape index (κ1) is 21.8. The molecule has 0 atom stereocenters. The average molecular weight is 460 g/mol. The number of carbonyl (C=O) groups excluding carboxylic acids is 2. The van der Waals surface area contributed by atoms with Crippen molar-refractivity contribution in [1.29, 1.82) is 0 Å². The molecule has 0 aliphatic carbocycles. The van der Waals surface area contributed by atoms with Gasteiger partial charge in [0.25, 0.3) is 0 Å². The molecule has 2 heterocycles. The standard InChI is InChI=1S/C26H25N3O5/c1-3-32-25(30)14-5-7-20-16(11-14)18-13-19-17-12-15(26(31)33-4-2)6-8-21(17)29-23(19)24(22(18)28-20)34-10-9-27/h5-8,11-13,28-29H,3-4,9-10,27H2,1-2H3. The maximum atomic E-state index is 12.3. The van der Waals surface area contributed by atoms with Crippen LogP contribution in [0.3, 0.4) is 0 Å². The zero-order valence-corrected chi connectivity index (χ0v) is 19.0. The molecule has 0 saturated heterocycles. The van der Waals surface area contributed by atoms with E-state index in [2.05, 4.69) is 9.97 Å². The number of aromatic nitrogens is 2. The van der Waals surface area contributed by atoms with Gasteiger partial charge in [-0.2, -0.15) is 0 Å². The van der Waals surface area contributed by atoms with Crippen LogP contribution in [0, 0.1) is 0 Å². The molecule has 0 bridgehead atoms. The average Bonchev–Trinajstić information content (AvgIpc) is 3.39. The van der Waals surface area contributed by atoms with Gasteiger partial charge in [0, 0.05) is 39.1 Å². The van der Waals surface area contributed by atoms with Gasteiger partial charge < -0.3 is 29.9 Å². The SMILES string of the molecule is CCOC(=O)c1ccc2[nH]c3c(OCCN)c4[nH]c5ccc(C(=O)OCC)cc5c4cc3c2c1. The highest BCUT2D eigenvalue weighted by molar-refractivity contribution is 6.21. The number of fused-ring (bicyclic) bond motifs is 6. The number of nitrogens with one attached hydrogen (secondary N) is 2. The molecule has 0 amide bonds. The van der Waals surface area contributed by atoms with Gasteiger partial charge in [0.15, 0.2) is 5.75 Å². The molecule has 0 fully saturated rings. The number of carbonyl (C=O) groups is 2. The molecule has 0 radical (unpaired) electrons. The number of ether oxygens (including phenoxy) is 3. The van der Waals surface area contributed by atoms with E-state index in [9.17, 15) is 9.59 Å². The van der Waals surface area contributed by atoms with Crippen LogP contribution < -0.4 is 10.5 Å². The highest BCUT2D eigenvalue weighted by Gasteiger charge is 2.19. The summed E-state index contributed by atoms with van der Waals surface area (Å²) in [6.07, 6.45) is 0. The Morgan fingerprint density at radius 3 is 1.71 bits per heavy atom. The summed E-state index contributed by atoms with van der Waals surface area (Å²) in [5, 5.41) is 3.53. The number of esters is 2. The Bertz CT molecular complexity index is 1450. The molecule has 5 rings (SSSR count). The van der Waals surface area contributed by atoms with Gasteiger partial charge in [-0.1, -0.05) is 0 Å². The van der Waals surface area contributed by atoms with Crippen molar-refractivity contribution >= 4 is 55.6 Å². The normalized spacial score (nSPS) is 11.5. The Morgan fingerprint density at radius 2 is 1.26 bits per heavy atom. The predicted octanol–water partition coefficient (Wildman–Crippen LogP) is 4.65. The van der Waals surface area contributed by atoms with E-state index in [1.54, 1.807) is 26.0 Å². The van der Waals surface area contributed by atoms with Crippen molar-refractivity contribution in [2.24, 2.45) is 5.73 Å². The van der Waals surface area contributed by atoms with Crippen molar-refractivity contribution in [3.63, 3.8) is 0 Å². The minimum absolute atomic E-state index is 0.306. The summed E-state index contributed by atoms with van der Waals surface area (Å²) in [6.45, 7) is 4.86. The van der Waals surface area contributed by atoms with Crippen LogP contribution in [0.5, 0.6) is 5.75 Å². The third-order valence-electron chi connectivity index (χ3n) is 5.81. The summed E-state index contributed by atoms with van der Waals surface area (Å²) in [7, 11) is 0. The molecule has 0 spiro atoms. The minimum Gasteiger partial charge on any atom is -0.488 e. The van der Waals surface area contributed by atoms with Crippen LogP contribution in [-0.2, 0) is 9.47 Å². The van der Waals surface area contributed by atoms with Gasteiger partial charge in [-0.05, 0) is 56.3 Å². The lowest BCUT2D eigenvalue weighted by Gasteiger charge is -2.08. The van der Waals surface area contributed by atoms with E-state index in [0.717, 1.165) is 43.6 Å². The van der Waals surface area contributed by atoms with Gasteiger partial charge in [-0.3, -0.25) is 0 Å². The van der Waals surface area contributed by atoms with E-state index in [1.165, 1.54) is 0 Å². The Morgan fingerprint density at radius 1 is 0.765 bits per heavy atom. The molecule has 4 N–H and O–H groups in total. The van der Waals surface area contributed by atoms with Crippen LogP contribution in [0.4, 0.5) is 0 Å². The molecule has 0 aliphatic rings. The summed E-state index contributed by atoms with van der Waals surface area (Å²) in [5.74, 6) is -0.100. The van der Waals surface area contributed by atoms with Crippen molar-refractivity contribution in [2.75, 3.05) is 26.4 Å². The van der Waals surface area contributed by atoms with Crippen LogP contribution in [-0.4, -0.2) is 48.3 Å². The van der Waals surface area contributed by atoms with Gasteiger partial charge >= 0.3 is 11.9 Å². The topological polar surface area (TPSA) is 119 Å². The van der Waals surface area contributed by atoms with E-state index in [0.29, 0.717) is 43.2 Å². The highest BCUT2D eigenvalue weighted by atomic mass is 16.5. The van der Waals surface area contributed by atoms with Crippen LogP contribution in [0.15, 0.2) is 42.5 Å². The van der Waals surface area contributed by atoms with Crippen molar-refractivity contribution in [1.82, 2.24) is 9.97 Å². The second-order valence-corrected chi connectivity index (χ2v) is 7.90. The fraction of sp³-hybridized carbons (Fsp3) is 0.231. The molecular formula is C26H25N3O5. The first-order valence-corrected chi connectivity index (χ1v) is 11.3. The van der Waals surface area contributed by atoms with Gasteiger partial charge in [0.2, 0.25) is 0 Å². The molecule has 8 heteroatoms. The van der Waals surface area contributed by atoms with E-state index >= 15 is 0 Å². The first-order chi connectivity index (χ1) is 16.5. The Labute approximate surface area is 194 Å². The minimum atomic E-state index is -0.370. The summed E-state index contributed by atoms with van der Waals surface area (Å²) < 4.78 is 16.5. The molecule has 174 valence electrons. The summed E-state index contributed by atoms with van der Waals surface area (Å²) >= 11 is 0. The van der Waals surface area contributed by atoms with Crippen molar-refractivity contribution in [3.8, 4) is 5.75 Å². The van der Waals surface area contributed by atoms with Crippen LogP contribution in [0.2, 0.25) is 0 Å². The fourth-order valence-corrected chi connectivity index (χ4v) is 4.34. The second kappa shape index (κ2) is 8.72. The third-order valence-corrected chi connectivity index (χ3v) is 5.81. The number of rotatable bonds is 7. The van der Waals surface area contributed by atoms with Gasteiger partial charge in [-0.15, -0.1) is 0 Å². The molecule has 0 aliphatic heterocycles. The Balaban J connectivity index is 1.80. The van der Waals surface area contributed by atoms with Gasteiger partial charge in [0.05, 0.1) is 35.4 Å². The van der Waals surface area contributed by atoms with E-state index in [1.807, 2.05) is 30.3 Å². The Kier molecular flexibility index (Phi) is 5.59. The predicted molar refractivity (Wildman–Crippen MR) is 132 cm³/mol. The number of hydrogen-bond donors (Lipinski definition) is 3. The number of nitrogens with two attached hydrogens (primary N) is 1. The molecule has 3 aromatic carbocycles. The Hall–Kier alpha value is -4.04. The smallest absolute Gasteiger partial charge is 0.338 e. The van der Waals surface area contributed by atoms with E-state index in [4.69, 9.17) is 19.9 Å². The maximum absolute atomic E-state index is 12.3. The second-order valence-electron chi connectivity index (χ2n) is 7.90. The molecule has 8 nitrogen and oxygen atoms in total. The van der Waals surface area contributed by atoms with Crippen molar-refractivity contribution in [3.05, 3.63) is 53.6 Å². The van der Waals surface area contributed by atoms with Crippen molar-refractivity contribution < 1.29 is 23.8 Å². The maximum Gasteiger partial charge on any atom is 0.338 e. The first-order valence-electron chi connectivity index (χ1n) is 11.3. The van der Waals surface area contributed by atoms with E-state index < -0.39 is 0 Å². The quantitative estimate of drug-likeness (QED) is 0.305.